The Labute approximate surface area is 247 Å². The lowest BCUT2D eigenvalue weighted by molar-refractivity contribution is -0.0385. The number of likely N-dealkylation sites (tertiary alicyclic amines) is 1. The quantitative estimate of drug-likeness (QED) is 0.441. The Morgan fingerprint density at radius 1 is 1.00 bits per heavy atom. The number of nitrogens with zero attached hydrogens (tertiary/aromatic N) is 3. The predicted molar refractivity (Wildman–Crippen MR) is 160 cm³/mol. The largest absolute Gasteiger partial charge is 0.471 e. The summed E-state index contributed by atoms with van der Waals surface area (Å²) in [6.07, 6.45) is 8.21. The van der Waals surface area contributed by atoms with Gasteiger partial charge in [-0.15, -0.1) is 0 Å². The van der Waals surface area contributed by atoms with Crippen LogP contribution in [0.2, 0.25) is 0 Å². The van der Waals surface area contributed by atoms with Gasteiger partial charge in [-0.3, -0.25) is 9.69 Å². The zero-order valence-electron chi connectivity index (χ0n) is 24.1. The van der Waals surface area contributed by atoms with E-state index in [4.69, 9.17) is 4.74 Å². The zero-order valence-corrected chi connectivity index (χ0v) is 24.9. The molecule has 10 heteroatoms. The van der Waals surface area contributed by atoms with E-state index in [9.17, 15) is 13.2 Å². The highest BCUT2D eigenvalue weighted by molar-refractivity contribution is 7.92. The van der Waals surface area contributed by atoms with Crippen molar-refractivity contribution in [2.45, 2.75) is 81.9 Å². The number of benzene rings is 2. The first-order valence-electron chi connectivity index (χ1n) is 15.0. The molecule has 2 aliphatic carbocycles. The summed E-state index contributed by atoms with van der Waals surface area (Å²) in [6, 6.07) is 14.1. The van der Waals surface area contributed by atoms with E-state index in [2.05, 4.69) is 24.9 Å². The number of sulfonamides is 1. The van der Waals surface area contributed by atoms with Gasteiger partial charge in [-0.05, 0) is 80.7 Å². The van der Waals surface area contributed by atoms with Crippen molar-refractivity contribution in [3.05, 3.63) is 65.2 Å². The van der Waals surface area contributed by atoms with E-state index in [1.807, 2.05) is 32.0 Å². The number of piperidine rings is 1. The number of anilines is 1. The van der Waals surface area contributed by atoms with Crippen molar-refractivity contribution in [2.24, 2.45) is 5.41 Å². The van der Waals surface area contributed by atoms with E-state index in [0.717, 1.165) is 29.7 Å². The van der Waals surface area contributed by atoms with Crippen LogP contribution in [0.25, 0.3) is 11.3 Å². The van der Waals surface area contributed by atoms with Gasteiger partial charge in [-0.2, -0.15) is 4.98 Å². The summed E-state index contributed by atoms with van der Waals surface area (Å²) in [4.78, 5) is 25.0. The smallest absolute Gasteiger partial charge is 0.264 e. The number of aromatic nitrogens is 2. The van der Waals surface area contributed by atoms with Gasteiger partial charge in [-0.25, -0.2) is 18.1 Å². The molecule has 1 spiro atoms. The molecule has 42 heavy (non-hydrogen) atoms. The number of hydrogen-bond acceptors (Lipinski definition) is 7. The fraction of sp³-hybridized carbons (Fsp3) is 0.469. The number of rotatable bonds is 2. The summed E-state index contributed by atoms with van der Waals surface area (Å²) >= 11 is 0. The number of carbonyl (C=O) groups is 1. The van der Waals surface area contributed by atoms with Crippen LogP contribution in [-0.4, -0.2) is 60.5 Å². The minimum Gasteiger partial charge on any atom is -0.471 e. The topological polar surface area (TPSA) is 114 Å². The van der Waals surface area contributed by atoms with Crippen LogP contribution in [0.3, 0.4) is 0 Å². The fourth-order valence-corrected chi connectivity index (χ4v) is 8.55. The number of aryl methyl sites for hydroxylation is 2. The number of hydrogen-bond donors (Lipinski definition) is 2. The van der Waals surface area contributed by atoms with Crippen LogP contribution in [-0.2, 0) is 10.0 Å². The van der Waals surface area contributed by atoms with Gasteiger partial charge in [0, 0.05) is 36.3 Å². The van der Waals surface area contributed by atoms with Gasteiger partial charge in [-0.1, -0.05) is 37.1 Å². The number of amides is 1. The number of carbonyl (C=O) groups excluding carboxylic acids is 1. The minimum atomic E-state index is -4.07. The average Bonchev–Trinajstić information content (AvgIpc) is 3.43. The van der Waals surface area contributed by atoms with Gasteiger partial charge in [0.25, 0.3) is 15.9 Å². The molecule has 2 atom stereocenters. The van der Waals surface area contributed by atoms with E-state index < -0.39 is 10.0 Å². The molecule has 2 aromatic carbocycles. The Hall–Kier alpha value is -3.50. The summed E-state index contributed by atoms with van der Waals surface area (Å²) in [5.74, 6) is -0.111. The summed E-state index contributed by atoms with van der Waals surface area (Å²) in [5.41, 5.74) is 4.32. The first-order chi connectivity index (χ1) is 20.2. The van der Waals surface area contributed by atoms with Crippen LogP contribution < -0.4 is 14.8 Å². The molecule has 3 fully saturated rings. The second-order valence-electron chi connectivity index (χ2n) is 12.6. The van der Waals surface area contributed by atoms with Crippen LogP contribution in [0.1, 0.15) is 66.4 Å². The Balaban J connectivity index is 1.28. The summed E-state index contributed by atoms with van der Waals surface area (Å²) < 4.78 is 36.0. The standard InChI is InChI=1S/C32H37N5O4S/c1-20-7-5-8-21(2)29(20)26-16-28-35-31(34-26)36-42(39,40)24-10-6-9-22(15-24)30(38)33-25-11-14-37(19-27(25)41-28)23-17-32(18-23)12-3-4-13-32/h5-10,15-16,23,25,27H,3-4,11-14,17-19H2,1-2H3,(H,33,38)(H,34,35,36)/t25-,27-/m1/s1. The van der Waals surface area contributed by atoms with Crippen LogP contribution >= 0.6 is 0 Å². The van der Waals surface area contributed by atoms with Crippen molar-refractivity contribution >= 4 is 21.9 Å². The highest BCUT2D eigenvalue weighted by Crippen LogP contribution is 2.55. The lowest BCUT2D eigenvalue weighted by atomic mass is 9.63. The first-order valence-corrected chi connectivity index (χ1v) is 16.5. The maximum Gasteiger partial charge on any atom is 0.264 e. The normalized spacial score (nSPS) is 25.0. The Morgan fingerprint density at radius 3 is 2.50 bits per heavy atom. The predicted octanol–water partition coefficient (Wildman–Crippen LogP) is 4.85. The summed E-state index contributed by atoms with van der Waals surface area (Å²) in [5, 5.41) is 3.16. The van der Waals surface area contributed by atoms with E-state index >= 15 is 0 Å². The molecule has 1 saturated heterocycles. The zero-order chi connectivity index (χ0) is 29.1. The molecule has 0 radical (unpaired) electrons. The third-order valence-corrected chi connectivity index (χ3v) is 11.1. The second-order valence-corrected chi connectivity index (χ2v) is 14.3. The molecule has 2 N–H and O–H groups in total. The number of fused-ring (bicyclic) bond motifs is 5. The lowest BCUT2D eigenvalue weighted by Crippen LogP contribution is -2.61. The van der Waals surface area contributed by atoms with Gasteiger partial charge in [0.1, 0.15) is 6.10 Å². The Morgan fingerprint density at radius 2 is 1.74 bits per heavy atom. The van der Waals surface area contributed by atoms with Crippen molar-refractivity contribution < 1.29 is 17.9 Å². The third-order valence-electron chi connectivity index (χ3n) is 9.77. The number of ether oxygens (including phenoxy) is 1. The van der Waals surface area contributed by atoms with E-state index in [1.165, 1.54) is 50.7 Å². The molecule has 3 aromatic rings. The Bertz CT molecular complexity index is 1620. The van der Waals surface area contributed by atoms with Crippen molar-refractivity contribution in [3.8, 4) is 17.1 Å². The Kier molecular flexibility index (Phi) is 6.73. The van der Waals surface area contributed by atoms with Gasteiger partial charge in [0.15, 0.2) is 0 Å². The molecule has 4 aliphatic rings. The van der Waals surface area contributed by atoms with Crippen LogP contribution in [0.5, 0.6) is 5.88 Å². The summed E-state index contributed by atoms with van der Waals surface area (Å²) in [7, 11) is -4.07. The molecule has 4 bridgehead atoms. The molecule has 7 rings (SSSR count). The van der Waals surface area contributed by atoms with E-state index in [0.29, 0.717) is 23.7 Å². The molecule has 1 aromatic heterocycles. The molecular formula is C32H37N5O4S. The molecule has 9 nitrogen and oxygen atoms in total. The molecular weight excluding hydrogens is 550 g/mol. The highest BCUT2D eigenvalue weighted by atomic mass is 32.2. The van der Waals surface area contributed by atoms with Gasteiger partial charge in [0.05, 0.1) is 16.6 Å². The molecule has 220 valence electrons. The number of nitrogens with one attached hydrogen (secondary N) is 2. The van der Waals surface area contributed by atoms with Crippen LogP contribution in [0.4, 0.5) is 5.95 Å². The van der Waals surface area contributed by atoms with E-state index in [-0.39, 0.29) is 40.3 Å². The molecule has 2 aliphatic heterocycles. The third kappa shape index (κ3) is 5.04. The molecule has 3 heterocycles. The lowest BCUT2D eigenvalue weighted by Gasteiger charge is -2.53. The van der Waals surface area contributed by atoms with Gasteiger partial charge < -0.3 is 10.1 Å². The van der Waals surface area contributed by atoms with Crippen LogP contribution in [0, 0.1) is 19.3 Å². The maximum absolute atomic E-state index is 13.4. The minimum absolute atomic E-state index is 0.0323. The summed E-state index contributed by atoms with van der Waals surface area (Å²) in [6.45, 7) is 5.55. The van der Waals surface area contributed by atoms with E-state index in [1.54, 1.807) is 18.2 Å². The van der Waals surface area contributed by atoms with Crippen molar-refractivity contribution in [1.82, 2.24) is 20.2 Å². The SMILES string of the molecule is Cc1cccc(C)c1-c1cc2nc(n1)NS(=O)(=O)c1cccc(c1)C(=O)N[C@@H]1CCN(C3CC4(CCCC4)C3)C[C@H]1O2. The highest BCUT2D eigenvalue weighted by Gasteiger charge is 2.49. The van der Waals surface area contributed by atoms with Crippen molar-refractivity contribution in [3.63, 3.8) is 0 Å². The molecule has 0 unspecified atom stereocenters. The monoisotopic (exact) mass is 587 g/mol. The van der Waals surface area contributed by atoms with Crippen LogP contribution in [0.15, 0.2) is 53.4 Å². The maximum atomic E-state index is 13.4. The second kappa shape index (κ2) is 10.3. The van der Waals surface area contributed by atoms with Gasteiger partial charge in [0.2, 0.25) is 11.8 Å². The first kappa shape index (κ1) is 27.3. The molecule has 2 saturated carbocycles. The van der Waals surface area contributed by atoms with Crippen molar-refractivity contribution in [1.29, 1.82) is 0 Å². The van der Waals surface area contributed by atoms with Crippen molar-refractivity contribution in [2.75, 3.05) is 17.8 Å². The van der Waals surface area contributed by atoms with Gasteiger partial charge >= 0.3 is 0 Å². The molecule has 1 amide bonds. The fourth-order valence-electron chi connectivity index (χ4n) is 7.56. The average molecular weight is 588 g/mol.